The third-order valence-electron chi connectivity index (χ3n) is 4.17. The third kappa shape index (κ3) is 3.31. The lowest BCUT2D eigenvalue weighted by atomic mass is 9.90. The Hall–Kier alpha value is -2.27. The van der Waals surface area contributed by atoms with Crippen LogP contribution in [0.15, 0.2) is 18.2 Å². The van der Waals surface area contributed by atoms with Gasteiger partial charge in [-0.25, -0.2) is 9.97 Å². The normalized spacial score (nSPS) is 12.7. The average Bonchev–Trinajstić information content (AvgIpc) is 2.53. The molecule has 0 unspecified atom stereocenters. The molecule has 2 N–H and O–H groups in total. The summed E-state index contributed by atoms with van der Waals surface area (Å²) in [5.41, 5.74) is 5.87. The first-order valence-corrected chi connectivity index (χ1v) is 8.38. The highest BCUT2D eigenvalue weighted by Crippen LogP contribution is 2.33. The van der Waals surface area contributed by atoms with Gasteiger partial charge in [0.15, 0.2) is 5.82 Å². The van der Waals surface area contributed by atoms with Gasteiger partial charge < -0.3 is 10.4 Å². The standard InChI is InChI=1S/C19H23N3O2/c1-11(2)8-17-19(20-12(3)24)22-16-7-5-14-9-13(10-23)4-6-15(14)18(16)21-17/h4,6,9,11,23H,5,7-8,10H2,1-3H3,(H,20,22,24). The van der Waals surface area contributed by atoms with Crippen molar-refractivity contribution in [2.45, 2.75) is 46.6 Å². The Labute approximate surface area is 142 Å². The Balaban J connectivity index is 2.10. The van der Waals surface area contributed by atoms with E-state index < -0.39 is 0 Å². The molecule has 0 fully saturated rings. The molecule has 1 aromatic heterocycles. The molecule has 0 saturated carbocycles. The lowest BCUT2D eigenvalue weighted by Crippen LogP contribution is -2.17. The molecule has 126 valence electrons. The van der Waals surface area contributed by atoms with E-state index in [-0.39, 0.29) is 12.5 Å². The number of aliphatic hydroxyl groups is 1. The van der Waals surface area contributed by atoms with Crippen LogP contribution in [0.4, 0.5) is 5.82 Å². The number of aliphatic hydroxyl groups excluding tert-OH is 1. The average molecular weight is 325 g/mol. The Morgan fingerprint density at radius 2 is 2.08 bits per heavy atom. The van der Waals surface area contributed by atoms with Crippen molar-refractivity contribution in [1.29, 1.82) is 0 Å². The number of fused-ring (bicyclic) bond motifs is 3. The minimum absolute atomic E-state index is 0.0475. The number of nitrogens with zero attached hydrogens (tertiary/aromatic N) is 2. The van der Waals surface area contributed by atoms with Gasteiger partial charge in [-0.05, 0) is 36.3 Å². The molecule has 0 atom stereocenters. The summed E-state index contributed by atoms with van der Waals surface area (Å²) in [5.74, 6) is 0.883. The highest BCUT2D eigenvalue weighted by atomic mass is 16.3. The number of rotatable bonds is 4. The molecule has 2 aromatic rings. The number of carbonyl (C=O) groups is 1. The molecule has 0 radical (unpaired) electrons. The summed E-state index contributed by atoms with van der Waals surface area (Å²) in [4.78, 5) is 21.1. The molecule has 5 nitrogen and oxygen atoms in total. The van der Waals surface area contributed by atoms with Crippen molar-refractivity contribution in [1.82, 2.24) is 9.97 Å². The first-order chi connectivity index (χ1) is 11.5. The molecule has 1 aromatic carbocycles. The zero-order valence-corrected chi connectivity index (χ0v) is 14.4. The Morgan fingerprint density at radius 3 is 2.75 bits per heavy atom. The van der Waals surface area contributed by atoms with E-state index in [1.807, 2.05) is 18.2 Å². The van der Waals surface area contributed by atoms with Gasteiger partial charge in [0, 0.05) is 12.5 Å². The molecular formula is C19H23N3O2. The molecule has 0 saturated heterocycles. The maximum absolute atomic E-state index is 11.5. The number of aryl methyl sites for hydroxylation is 2. The molecule has 1 heterocycles. The minimum atomic E-state index is -0.127. The van der Waals surface area contributed by atoms with E-state index in [2.05, 4.69) is 19.2 Å². The number of amides is 1. The second kappa shape index (κ2) is 6.69. The minimum Gasteiger partial charge on any atom is -0.392 e. The third-order valence-corrected chi connectivity index (χ3v) is 4.17. The zero-order valence-electron chi connectivity index (χ0n) is 14.4. The van der Waals surface area contributed by atoms with Crippen LogP contribution in [0.3, 0.4) is 0 Å². The van der Waals surface area contributed by atoms with E-state index in [0.29, 0.717) is 11.7 Å². The molecule has 24 heavy (non-hydrogen) atoms. The van der Waals surface area contributed by atoms with Gasteiger partial charge in [0.1, 0.15) is 0 Å². The van der Waals surface area contributed by atoms with Crippen LogP contribution >= 0.6 is 0 Å². The SMILES string of the molecule is CC(=O)Nc1nc2c(nc1CC(C)C)-c1ccc(CO)cc1CC2. The molecule has 3 rings (SSSR count). The fourth-order valence-corrected chi connectivity index (χ4v) is 3.13. The fraction of sp³-hybridized carbons (Fsp3) is 0.421. The Bertz CT molecular complexity index is 784. The van der Waals surface area contributed by atoms with Gasteiger partial charge in [0.05, 0.1) is 23.7 Å². The van der Waals surface area contributed by atoms with Gasteiger partial charge in [-0.2, -0.15) is 0 Å². The van der Waals surface area contributed by atoms with Gasteiger partial charge >= 0.3 is 0 Å². The van der Waals surface area contributed by atoms with Crippen LogP contribution in [-0.2, 0) is 30.7 Å². The summed E-state index contributed by atoms with van der Waals surface area (Å²) in [5, 5.41) is 12.2. The van der Waals surface area contributed by atoms with E-state index >= 15 is 0 Å². The van der Waals surface area contributed by atoms with Crippen molar-refractivity contribution in [3.63, 3.8) is 0 Å². The summed E-state index contributed by atoms with van der Waals surface area (Å²) < 4.78 is 0. The number of hydrogen-bond acceptors (Lipinski definition) is 4. The number of anilines is 1. The molecule has 1 amide bonds. The summed E-state index contributed by atoms with van der Waals surface area (Å²) in [7, 11) is 0. The number of aromatic nitrogens is 2. The van der Waals surface area contributed by atoms with Gasteiger partial charge in [-0.3, -0.25) is 4.79 Å². The first-order valence-electron chi connectivity index (χ1n) is 8.38. The number of benzene rings is 1. The lowest BCUT2D eigenvalue weighted by molar-refractivity contribution is -0.114. The van der Waals surface area contributed by atoms with E-state index in [1.54, 1.807) is 0 Å². The summed E-state index contributed by atoms with van der Waals surface area (Å²) >= 11 is 0. The predicted molar refractivity (Wildman–Crippen MR) is 93.6 cm³/mol. The number of carbonyl (C=O) groups excluding carboxylic acids is 1. The quantitative estimate of drug-likeness (QED) is 0.906. The lowest BCUT2D eigenvalue weighted by Gasteiger charge is -2.21. The second-order valence-electron chi connectivity index (χ2n) is 6.74. The van der Waals surface area contributed by atoms with Crippen molar-refractivity contribution in [3.05, 3.63) is 40.7 Å². The first kappa shape index (κ1) is 16.6. The van der Waals surface area contributed by atoms with Crippen LogP contribution < -0.4 is 5.32 Å². The number of nitrogens with one attached hydrogen (secondary N) is 1. The highest BCUT2D eigenvalue weighted by molar-refractivity contribution is 5.88. The highest BCUT2D eigenvalue weighted by Gasteiger charge is 2.22. The molecule has 0 bridgehead atoms. The molecular weight excluding hydrogens is 302 g/mol. The van der Waals surface area contributed by atoms with E-state index in [0.717, 1.165) is 47.5 Å². The monoisotopic (exact) mass is 325 g/mol. The van der Waals surface area contributed by atoms with E-state index in [1.165, 1.54) is 12.5 Å². The van der Waals surface area contributed by atoms with Crippen molar-refractivity contribution >= 4 is 11.7 Å². The van der Waals surface area contributed by atoms with Crippen LogP contribution in [0.2, 0.25) is 0 Å². The maximum atomic E-state index is 11.5. The van der Waals surface area contributed by atoms with Crippen LogP contribution in [0.25, 0.3) is 11.3 Å². The van der Waals surface area contributed by atoms with E-state index in [4.69, 9.17) is 9.97 Å². The van der Waals surface area contributed by atoms with Gasteiger partial charge in [0.2, 0.25) is 5.91 Å². The zero-order chi connectivity index (χ0) is 17.3. The maximum Gasteiger partial charge on any atom is 0.222 e. The molecule has 0 aliphatic heterocycles. The van der Waals surface area contributed by atoms with Gasteiger partial charge in [-0.1, -0.05) is 32.0 Å². The Morgan fingerprint density at radius 1 is 1.29 bits per heavy atom. The fourth-order valence-electron chi connectivity index (χ4n) is 3.13. The molecule has 0 spiro atoms. The molecule has 1 aliphatic rings. The topological polar surface area (TPSA) is 75.1 Å². The smallest absolute Gasteiger partial charge is 0.222 e. The summed E-state index contributed by atoms with van der Waals surface area (Å²) in [6.07, 6.45) is 2.42. The van der Waals surface area contributed by atoms with Crippen molar-refractivity contribution in [2.75, 3.05) is 5.32 Å². The summed E-state index contributed by atoms with van der Waals surface area (Å²) in [6, 6.07) is 5.99. The van der Waals surface area contributed by atoms with Crippen molar-refractivity contribution in [3.8, 4) is 11.3 Å². The second-order valence-corrected chi connectivity index (χ2v) is 6.74. The molecule has 1 aliphatic carbocycles. The molecule has 5 heteroatoms. The van der Waals surface area contributed by atoms with Crippen LogP contribution in [0, 0.1) is 5.92 Å². The number of hydrogen-bond donors (Lipinski definition) is 2. The Kier molecular flexibility index (Phi) is 4.62. The van der Waals surface area contributed by atoms with Gasteiger partial charge in [0.25, 0.3) is 0 Å². The van der Waals surface area contributed by atoms with Crippen LogP contribution in [0.5, 0.6) is 0 Å². The van der Waals surface area contributed by atoms with Crippen molar-refractivity contribution in [2.24, 2.45) is 5.92 Å². The van der Waals surface area contributed by atoms with Crippen LogP contribution in [0.1, 0.15) is 43.3 Å². The van der Waals surface area contributed by atoms with Crippen molar-refractivity contribution < 1.29 is 9.90 Å². The summed E-state index contributed by atoms with van der Waals surface area (Å²) in [6.45, 7) is 5.79. The predicted octanol–water partition coefficient (Wildman–Crippen LogP) is 2.89. The van der Waals surface area contributed by atoms with Gasteiger partial charge in [-0.15, -0.1) is 0 Å². The largest absolute Gasteiger partial charge is 0.392 e. The van der Waals surface area contributed by atoms with Crippen LogP contribution in [-0.4, -0.2) is 21.0 Å². The van der Waals surface area contributed by atoms with E-state index in [9.17, 15) is 9.90 Å².